The van der Waals surface area contributed by atoms with Crippen LogP contribution in [0.15, 0.2) is 24.3 Å². The molecule has 17 heavy (non-hydrogen) atoms. The summed E-state index contributed by atoms with van der Waals surface area (Å²) in [5.74, 6) is 0.845. The Balaban J connectivity index is 1.76. The largest absolute Gasteiger partial charge is 0.326 e. The van der Waals surface area contributed by atoms with Gasteiger partial charge in [-0.15, -0.1) is 0 Å². The Bertz CT molecular complexity index is 420. The number of quaternary nitrogens is 1. The number of nitrogens with one attached hydrogen (secondary N) is 1. The van der Waals surface area contributed by atoms with Gasteiger partial charge in [0.05, 0.1) is 13.1 Å². The average molecular weight is 251 g/mol. The van der Waals surface area contributed by atoms with E-state index in [0.717, 1.165) is 24.3 Å². The third kappa shape index (κ3) is 2.12. The molecule has 0 aromatic heterocycles. The van der Waals surface area contributed by atoms with E-state index in [-0.39, 0.29) is 6.04 Å². The predicted molar refractivity (Wildman–Crippen MR) is 67.4 cm³/mol. The summed E-state index contributed by atoms with van der Waals surface area (Å²) < 4.78 is 0. The smallest absolute Gasteiger partial charge is 0.193 e. The molecule has 0 saturated carbocycles. The van der Waals surface area contributed by atoms with E-state index >= 15 is 0 Å². The molecule has 3 aliphatic heterocycles. The van der Waals surface area contributed by atoms with Gasteiger partial charge in [0, 0.05) is 30.2 Å². The molecule has 90 valence electrons. The predicted octanol–water partition coefficient (Wildman–Crippen LogP) is 1.13. The van der Waals surface area contributed by atoms with Crippen molar-refractivity contribution in [2.24, 2.45) is 5.92 Å². The van der Waals surface area contributed by atoms with Gasteiger partial charge in [-0.25, -0.2) is 0 Å². The fourth-order valence-corrected chi connectivity index (χ4v) is 3.33. The van der Waals surface area contributed by atoms with Crippen LogP contribution in [0, 0.1) is 5.92 Å². The van der Waals surface area contributed by atoms with Crippen LogP contribution < -0.4 is 4.90 Å². The number of halogens is 1. The zero-order valence-electron chi connectivity index (χ0n) is 9.79. The Morgan fingerprint density at radius 1 is 1.18 bits per heavy atom. The molecule has 1 N–H and O–H groups in total. The molecule has 2 bridgehead atoms. The normalized spacial score (nSPS) is 31.8. The highest BCUT2D eigenvalue weighted by molar-refractivity contribution is 6.30. The average Bonchev–Trinajstić information content (AvgIpc) is 2.37. The summed E-state index contributed by atoms with van der Waals surface area (Å²) in [6.45, 7) is 2.35. The van der Waals surface area contributed by atoms with Crippen LogP contribution in [-0.4, -0.2) is 24.9 Å². The first kappa shape index (κ1) is 11.2. The van der Waals surface area contributed by atoms with E-state index in [1.807, 2.05) is 24.3 Å². The molecule has 3 fully saturated rings. The van der Waals surface area contributed by atoms with Crippen molar-refractivity contribution in [1.29, 1.82) is 0 Å². The van der Waals surface area contributed by atoms with Crippen molar-refractivity contribution in [3.8, 4) is 0 Å². The van der Waals surface area contributed by atoms with Crippen LogP contribution in [0.4, 0.5) is 0 Å². The number of carbonyl (C=O) groups excluding carboxylic acids is 1. The van der Waals surface area contributed by atoms with Crippen LogP contribution in [0.1, 0.15) is 18.4 Å². The maximum absolute atomic E-state index is 12.2. The van der Waals surface area contributed by atoms with Crippen LogP contribution in [-0.2, 0) is 11.2 Å². The summed E-state index contributed by atoms with van der Waals surface area (Å²) in [6, 6.07) is 8.10. The Morgan fingerprint density at radius 3 is 2.41 bits per heavy atom. The molecular weight excluding hydrogens is 234 g/mol. The van der Waals surface area contributed by atoms with E-state index in [9.17, 15) is 4.79 Å². The first-order valence-electron chi connectivity index (χ1n) is 6.37. The minimum Gasteiger partial charge on any atom is -0.326 e. The first-order valence-corrected chi connectivity index (χ1v) is 6.74. The van der Waals surface area contributed by atoms with Crippen molar-refractivity contribution in [1.82, 2.24) is 0 Å². The highest BCUT2D eigenvalue weighted by Crippen LogP contribution is 2.20. The molecule has 0 aliphatic carbocycles. The molecule has 3 heterocycles. The van der Waals surface area contributed by atoms with Crippen molar-refractivity contribution in [3.63, 3.8) is 0 Å². The number of carbonyl (C=O) groups is 1. The Morgan fingerprint density at radius 2 is 1.82 bits per heavy atom. The quantitative estimate of drug-likeness (QED) is 0.835. The van der Waals surface area contributed by atoms with Gasteiger partial charge in [0.2, 0.25) is 0 Å². The second-order valence-corrected chi connectivity index (χ2v) is 5.65. The van der Waals surface area contributed by atoms with Crippen LogP contribution >= 0.6 is 11.6 Å². The SMILES string of the molecule is O=C1C2CC[NH+](CC2)[C@H]1Cc1ccc(Cl)cc1. The topological polar surface area (TPSA) is 21.5 Å². The number of Topliss-reactive ketones (excluding diaryl/α,β-unsaturated/α-hetero) is 1. The summed E-state index contributed by atoms with van der Waals surface area (Å²) in [7, 11) is 0. The third-order valence-electron chi connectivity index (χ3n) is 4.22. The molecule has 3 heteroatoms. The van der Waals surface area contributed by atoms with Crippen LogP contribution in [0.3, 0.4) is 0 Å². The molecule has 2 nitrogen and oxygen atoms in total. The lowest BCUT2D eigenvalue weighted by atomic mass is 9.80. The van der Waals surface area contributed by atoms with Gasteiger partial charge in [0.1, 0.15) is 0 Å². The van der Waals surface area contributed by atoms with Gasteiger partial charge in [-0.1, -0.05) is 23.7 Å². The zero-order valence-corrected chi connectivity index (χ0v) is 10.5. The number of fused-ring (bicyclic) bond motifs is 3. The molecule has 0 radical (unpaired) electrons. The van der Waals surface area contributed by atoms with Gasteiger partial charge in [-0.05, 0) is 17.7 Å². The van der Waals surface area contributed by atoms with Gasteiger partial charge < -0.3 is 4.90 Å². The molecule has 1 aromatic rings. The Hall–Kier alpha value is -0.860. The van der Waals surface area contributed by atoms with Gasteiger partial charge in [0.25, 0.3) is 0 Å². The van der Waals surface area contributed by atoms with Crippen molar-refractivity contribution < 1.29 is 9.69 Å². The van der Waals surface area contributed by atoms with E-state index in [4.69, 9.17) is 11.6 Å². The van der Waals surface area contributed by atoms with Crippen LogP contribution in [0.5, 0.6) is 0 Å². The van der Waals surface area contributed by atoms with Gasteiger partial charge in [-0.2, -0.15) is 0 Å². The lowest BCUT2D eigenvalue weighted by molar-refractivity contribution is -0.927. The summed E-state index contributed by atoms with van der Waals surface area (Å²) in [6.07, 6.45) is 3.08. The van der Waals surface area contributed by atoms with E-state index in [1.54, 1.807) is 0 Å². The molecule has 0 unspecified atom stereocenters. The number of benzene rings is 1. The zero-order chi connectivity index (χ0) is 11.8. The number of hydrogen-bond acceptors (Lipinski definition) is 1. The standard InChI is InChI=1S/C14H16ClNO/c15-12-3-1-10(2-4-12)9-13-14(17)11-5-7-16(13)8-6-11/h1-4,11,13H,5-9H2/p+1/t13-/m0/s1. The van der Waals surface area contributed by atoms with E-state index < -0.39 is 0 Å². The van der Waals surface area contributed by atoms with Crippen LogP contribution in [0.25, 0.3) is 0 Å². The molecule has 1 atom stereocenters. The second-order valence-electron chi connectivity index (χ2n) is 5.22. The Kier molecular flexibility index (Phi) is 2.93. The monoisotopic (exact) mass is 250 g/mol. The third-order valence-corrected chi connectivity index (χ3v) is 4.47. The molecule has 3 aliphatic rings. The van der Waals surface area contributed by atoms with Crippen molar-refractivity contribution in [3.05, 3.63) is 34.9 Å². The number of rotatable bonds is 2. The molecular formula is C14H17ClNO+. The van der Waals surface area contributed by atoms with Crippen molar-refractivity contribution in [2.45, 2.75) is 25.3 Å². The lowest BCUT2D eigenvalue weighted by Crippen LogP contribution is -3.20. The van der Waals surface area contributed by atoms with E-state index in [2.05, 4.69) is 0 Å². The van der Waals surface area contributed by atoms with Crippen molar-refractivity contribution in [2.75, 3.05) is 13.1 Å². The van der Waals surface area contributed by atoms with Gasteiger partial charge in [-0.3, -0.25) is 4.79 Å². The minimum atomic E-state index is 0.198. The minimum absolute atomic E-state index is 0.198. The summed E-state index contributed by atoms with van der Waals surface area (Å²) in [4.78, 5) is 13.7. The van der Waals surface area contributed by atoms with Gasteiger partial charge in [0.15, 0.2) is 11.8 Å². The van der Waals surface area contributed by atoms with Crippen LogP contribution in [0.2, 0.25) is 5.02 Å². The highest BCUT2D eigenvalue weighted by Gasteiger charge is 2.44. The van der Waals surface area contributed by atoms with E-state index in [1.165, 1.54) is 23.6 Å². The maximum Gasteiger partial charge on any atom is 0.193 e. The summed E-state index contributed by atoms with van der Waals surface area (Å²) >= 11 is 5.87. The maximum atomic E-state index is 12.2. The summed E-state index contributed by atoms with van der Waals surface area (Å²) in [5.41, 5.74) is 1.23. The van der Waals surface area contributed by atoms with Crippen molar-refractivity contribution >= 4 is 17.4 Å². The van der Waals surface area contributed by atoms with E-state index in [0.29, 0.717) is 11.7 Å². The lowest BCUT2D eigenvalue weighted by Gasteiger charge is -2.41. The number of hydrogen-bond donors (Lipinski definition) is 1. The second kappa shape index (κ2) is 4.43. The number of piperidine rings is 3. The van der Waals surface area contributed by atoms with Gasteiger partial charge >= 0.3 is 0 Å². The molecule has 4 rings (SSSR count). The fraction of sp³-hybridized carbons (Fsp3) is 0.500. The first-order chi connectivity index (χ1) is 8.24. The molecule has 0 amide bonds. The molecule has 0 spiro atoms. The molecule has 1 aromatic carbocycles. The fourth-order valence-electron chi connectivity index (χ4n) is 3.21. The molecule has 3 saturated heterocycles. The highest BCUT2D eigenvalue weighted by atomic mass is 35.5. The number of ketones is 1. The summed E-state index contributed by atoms with van der Waals surface area (Å²) in [5, 5.41) is 0.762. The Labute approximate surface area is 107 Å².